The van der Waals surface area contributed by atoms with Gasteiger partial charge in [-0.25, -0.2) is 0 Å². The van der Waals surface area contributed by atoms with Crippen LogP contribution >= 0.6 is 0 Å². The molecule has 5 rings (SSSR count). The van der Waals surface area contributed by atoms with Gasteiger partial charge < -0.3 is 10.3 Å². The fraction of sp³-hybridized carbons (Fsp3) is 0.212. The number of fused-ring (bicyclic) bond motifs is 2. The number of rotatable bonds is 8. The Morgan fingerprint density at radius 2 is 1.92 bits per heavy atom. The van der Waals surface area contributed by atoms with Crippen LogP contribution in [-0.4, -0.2) is 20.2 Å². The minimum absolute atomic E-state index is 0.159. The van der Waals surface area contributed by atoms with Gasteiger partial charge >= 0.3 is 0 Å². The molecule has 3 N–H and O–H groups in total. The molecular weight excluding hydrogens is 466 g/mol. The highest BCUT2D eigenvalue weighted by molar-refractivity contribution is 6.00. The van der Waals surface area contributed by atoms with Crippen molar-refractivity contribution in [3.8, 4) is 11.4 Å². The van der Waals surface area contributed by atoms with Gasteiger partial charge in [0, 0.05) is 33.9 Å². The van der Waals surface area contributed by atoms with Crippen molar-refractivity contribution in [1.82, 2.24) is 25.5 Å². The molecule has 0 bridgehead atoms. The van der Waals surface area contributed by atoms with Gasteiger partial charge in [0.05, 0.1) is 16.9 Å². The first kappa shape index (κ1) is 25.3. The summed E-state index contributed by atoms with van der Waals surface area (Å²) in [6.45, 7) is 16.9. The summed E-state index contributed by atoms with van der Waals surface area (Å²) in [7, 11) is 0. The van der Waals surface area contributed by atoms with Gasteiger partial charge in [-0.05, 0) is 78.3 Å². The van der Waals surface area contributed by atoms with Gasteiger partial charge in [0.25, 0.3) is 0 Å². The number of hydrogen-bond acceptors (Lipinski definition) is 3. The lowest BCUT2D eigenvalue weighted by atomic mass is 9.91. The zero-order valence-corrected chi connectivity index (χ0v) is 22.7. The molecule has 0 radical (unpaired) electrons. The molecule has 1 aliphatic rings. The normalized spacial score (nSPS) is 14.4. The highest BCUT2D eigenvalue weighted by Gasteiger charge is 2.16. The minimum atomic E-state index is 0.159. The first-order chi connectivity index (χ1) is 18.3. The molecule has 0 spiro atoms. The van der Waals surface area contributed by atoms with Crippen LogP contribution in [0.5, 0.6) is 0 Å². The molecule has 38 heavy (non-hydrogen) atoms. The number of aromatic nitrogens is 4. The summed E-state index contributed by atoms with van der Waals surface area (Å²) in [5.41, 5.74) is 10.3. The zero-order chi connectivity index (χ0) is 26.9. The van der Waals surface area contributed by atoms with Crippen molar-refractivity contribution in [3.05, 3.63) is 109 Å². The van der Waals surface area contributed by atoms with Crippen LogP contribution in [0.15, 0.2) is 97.5 Å². The Balaban J connectivity index is 1.50. The number of allylic oxidation sites excluding steroid dienone is 9. The van der Waals surface area contributed by atoms with Crippen LogP contribution in [0, 0.1) is 5.41 Å². The number of hydrogen-bond donors (Lipinski definition) is 3. The second kappa shape index (κ2) is 10.2. The second-order valence-corrected chi connectivity index (χ2v) is 10.9. The SMILES string of the molecule is C=C/C(=C\C(=C/C)c1ccc2[nH]nc(-c3cc4c(C5=CCC=C5)nccc4[nH]3)c2c1)NC(=C)CC(C)(C)C. The molecule has 0 amide bonds. The number of aromatic amines is 2. The maximum absolute atomic E-state index is 4.68. The zero-order valence-electron chi connectivity index (χ0n) is 22.7. The lowest BCUT2D eigenvalue weighted by molar-refractivity contribution is 0.403. The maximum Gasteiger partial charge on any atom is 0.116 e. The van der Waals surface area contributed by atoms with Gasteiger partial charge in [-0.3, -0.25) is 10.1 Å². The molecule has 1 aromatic carbocycles. The average molecular weight is 502 g/mol. The van der Waals surface area contributed by atoms with Crippen molar-refractivity contribution in [2.24, 2.45) is 5.41 Å². The standard InChI is InChI=1S/C33H35N5/c1-7-22(17-25(8-2)35-21(3)20-33(4,5)6)24-13-14-29-26(18-24)32(38-37-29)30-19-27-28(36-30)15-16-34-31(27)23-11-9-10-12-23/h7-9,11-19,35-36H,2-3,10,20H2,1,4-6H3,(H,37,38)/b22-7+,25-17+. The van der Waals surface area contributed by atoms with E-state index in [1.807, 2.05) is 18.3 Å². The smallest absolute Gasteiger partial charge is 0.116 e. The third-order valence-electron chi connectivity index (χ3n) is 6.65. The number of H-pyrrole nitrogens is 2. The predicted molar refractivity (Wildman–Crippen MR) is 161 cm³/mol. The topological polar surface area (TPSA) is 69.4 Å². The third kappa shape index (κ3) is 5.18. The molecule has 0 saturated carbocycles. The van der Waals surface area contributed by atoms with Gasteiger partial charge in [-0.2, -0.15) is 5.10 Å². The first-order valence-corrected chi connectivity index (χ1v) is 13.0. The van der Waals surface area contributed by atoms with E-state index in [0.717, 1.165) is 79.8 Å². The van der Waals surface area contributed by atoms with Crippen molar-refractivity contribution < 1.29 is 0 Å². The quantitative estimate of drug-likeness (QED) is 0.212. The van der Waals surface area contributed by atoms with Gasteiger partial charge in [0.1, 0.15) is 5.69 Å². The molecular formula is C33H35N5. The van der Waals surface area contributed by atoms with Gasteiger partial charge in [-0.1, -0.05) is 64.3 Å². The number of nitrogens with one attached hydrogen (secondary N) is 3. The number of benzene rings is 1. The van der Waals surface area contributed by atoms with Crippen LogP contribution in [0.2, 0.25) is 0 Å². The molecule has 5 heteroatoms. The van der Waals surface area contributed by atoms with Crippen molar-refractivity contribution in [2.75, 3.05) is 0 Å². The number of pyridine rings is 1. The van der Waals surface area contributed by atoms with E-state index in [0.29, 0.717) is 0 Å². The fourth-order valence-electron chi connectivity index (χ4n) is 4.98. The summed E-state index contributed by atoms with van der Waals surface area (Å²) in [5, 5.41) is 13.5. The summed E-state index contributed by atoms with van der Waals surface area (Å²) in [4.78, 5) is 8.23. The van der Waals surface area contributed by atoms with Gasteiger partial charge in [-0.15, -0.1) is 0 Å². The summed E-state index contributed by atoms with van der Waals surface area (Å²) < 4.78 is 0. The van der Waals surface area contributed by atoms with E-state index >= 15 is 0 Å². The largest absolute Gasteiger partial charge is 0.359 e. The Morgan fingerprint density at radius 1 is 1.11 bits per heavy atom. The van der Waals surface area contributed by atoms with E-state index in [2.05, 4.69) is 121 Å². The van der Waals surface area contributed by atoms with E-state index in [1.54, 1.807) is 0 Å². The molecule has 0 unspecified atom stereocenters. The molecule has 3 heterocycles. The Kier molecular flexibility index (Phi) is 6.77. The summed E-state index contributed by atoms with van der Waals surface area (Å²) >= 11 is 0. The van der Waals surface area contributed by atoms with Crippen molar-refractivity contribution in [3.63, 3.8) is 0 Å². The average Bonchev–Trinajstić information content (AvgIpc) is 3.63. The fourth-order valence-corrected chi connectivity index (χ4v) is 4.98. The predicted octanol–water partition coefficient (Wildman–Crippen LogP) is 8.46. The summed E-state index contributed by atoms with van der Waals surface area (Å²) in [6, 6.07) is 10.6. The molecule has 0 aliphatic heterocycles. The molecule has 4 aromatic rings. The van der Waals surface area contributed by atoms with Crippen molar-refractivity contribution in [2.45, 2.75) is 40.5 Å². The minimum Gasteiger partial charge on any atom is -0.359 e. The Bertz CT molecular complexity index is 1660. The van der Waals surface area contributed by atoms with Crippen LogP contribution < -0.4 is 5.32 Å². The summed E-state index contributed by atoms with van der Waals surface area (Å²) in [5.74, 6) is 0. The van der Waals surface area contributed by atoms with E-state index in [1.165, 1.54) is 0 Å². The van der Waals surface area contributed by atoms with Crippen LogP contribution in [0.25, 0.3) is 44.3 Å². The van der Waals surface area contributed by atoms with Crippen molar-refractivity contribution in [1.29, 1.82) is 0 Å². The summed E-state index contributed by atoms with van der Waals surface area (Å²) in [6.07, 6.45) is 16.3. The van der Waals surface area contributed by atoms with Gasteiger partial charge in [0.2, 0.25) is 0 Å². The Labute approximate surface area is 224 Å². The monoisotopic (exact) mass is 501 g/mol. The Morgan fingerprint density at radius 3 is 2.63 bits per heavy atom. The van der Waals surface area contributed by atoms with E-state index in [9.17, 15) is 0 Å². The maximum atomic E-state index is 4.68. The highest BCUT2D eigenvalue weighted by Crippen LogP contribution is 2.34. The van der Waals surface area contributed by atoms with Crippen molar-refractivity contribution >= 4 is 33.0 Å². The third-order valence-corrected chi connectivity index (χ3v) is 6.65. The van der Waals surface area contributed by atoms with E-state index in [4.69, 9.17) is 0 Å². The second-order valence-electron chi connectivity index (χ2n) is 10.9. The molecule has 192 valence electrons. The molecule has 0 fully saturated rings. The van der Waals surface area contributed by atoms with Gasteiger partial charge in [0.15, 0.2) is 0 Å². The molecule has 3 aromatic heterocycles. The van der Waals surface area contributed by atoms with Crippen LogP contribution in [0.4, 0.5) is 0 Å². The highest BCUT2D eigenvalue weighted by atomic mass is 15.1. The lowest BCUT2D eigenvalue weighted by Crippen LogP contribution is -2.16. The van der Waals surface area contributed by atoms with E-state index in [-0.39, 0.29) is 5.41 Å². The molecule has 0 atom stereocenters. The molecule has 0 saturated heterocycles. The first-order valence-electron chi connectivity index (χ1n) is 13.0. The van der Waals surface area contributed by atoms with E-state index < -0.39 is 0 Å². The van der Waals surface area contributed by atoms with Crippen LogP contribution in [0.1, 0.15) is 51.8 Å². The lowest BCUT2D eigenvalue weighted by Gasteiger charge is -2.21. The Hall–Kier alpha value is -4.38. The molecule has 1 aliphatic carbocycles. The molecule has 5 nitrogen and oxygen atoms in total. The number of nitrogens with zero attached hydrogens (tertiary/aromatic N) is 2. The van der Waals surface area contributed by atoms with Crippen LogP contribution in [0.3, 0.4) is 0 Å². The van der Waals surface area contributed by atoms with Crippen LogP contribution in [-0.2, 0) is 0 Å².